The monoisotopic (exact) mass is 1580 g/mol. The molecule has 0 saturated heterocycles. The van der Waals surface area contributed by atoms with Crippen LogP contribution in [-0.2, 0) is 46.4 Å². The van der Waals surface area contributed by atoms with Gasteiger partial charge in [0.05, 0.1) is 0 Å². The Hall–Kier alpha value is -6.66. The minimum absolute atomic E-state index is 0. The second kappa shape index (κ2) is 32.9. The summed E-state index contributed by atoms with van der Waals surface area (Å²) in [5.74, 6) is -0.832. The van der Waals surface area contributed by atoms with Crippen molar-refractivity contribution in [3.05, 3.63) is 212 Å². The molecule has 0 amide bonds. The molecule has 0 N–H and O–H groups in total. The van der Waals surface area contributed by atoms with Crippen molar-refractivity contribution in [3.8, 4) is 0 Å². The van der Waals surface area contributed by atoms with Gasteiger partial charge in [-0.2, -0.15) is 0 Å². The Kier molecular flexibility index (Phi) is 23.2. The summed E-state index contributed by atoms with van der Waals surface area (Å²) in [6.45, 7) is 0. The predicted molar refractivity (Wildman–Crippen MR) is 415 cm³/mol. The molecule has 20 rings (SSSR count). The molecule has 0 aliphatic heterocycles. The quantitative estimate of drug-likeness (QED) is 0.0877. The largest absolute Gasteiger partial charge is 5.00 e. The zero-order valence-corrected chi connectivity index (χ0v) is 65.2. The summed E-state index contributed by atoms with van der Waals surface area (Å²) in [5, 5.41) is 70.9. The van der Waals surface area contributed by atoms with Crippen LogP contribution in [0.5, 0.6) is 0 Å². The Bertz CT molecular complexity index is 4190. The van der Waals surface area contributed by atoms with Crippen molar-refractivity contribution in [3.63, 3.8) is 0 Å². The van der Waals surface area contributed by atoms with Gasteiger partial charge in [-0.15, -0.1) is 58.8 Å². The SMILES string of the molecule is O=C([O-])C1CC2CC(Sc3ccc4ccccc4c3)C1C2.O=C([O-])C1CC2CC(Sc3ccc4ccccc4c3)C1C2.O=C([O-])C1CC2CC(Sc3ccc4ccccc4c3)C1C2.O=C([O-])C1CC2CC(Sc3ccc4ccccc4c3)C1C2.O=C([O-])C1CC2CC(Sc3ccc4ccccc4c3)C1C2.[Nb+5]. The van der Waals surface area contributed by atoms with E-state index in [1.807, 2.05) is 58.8 Å². The van der Waals surface area contributed by atoms with E-state index in [9.17, 15) is 49.5 Å². The molecule has 10 saturated carbocycles. The molecule has 10 bridgehead atoms. The van der Waals surface area contributed by atoms with Crippen molar-refractivity contribution in [1.29, 1.82) is 0 Å². The van der Waals surface area contributed by atoms with E-state index in [1.54, 1.807) is 0 Å². The van der Waals surface area contributed by atoms with Crippen LogP contribution in [0.3, 0.4) is 0 Å². The molecule has 10 aromatic rings. The molecule has 0 spiro atoms. The van der Waals surface area contributed by atoms with Gasteiger partial charge in [0, 0.05) is 110 Å². The number of aliphatic carboxylic acids is 5. The zero-order valence-electron chi connectivity index (χ0n) is 58.9. The molecule has 10 nitrogen and oxygen atoms in total. The van der Waals surface area contributed by atoms with Gasteiger partial charge in [-0.25, -0.2) is 0 Å². The first-order valence-electron chi connectivity index (χ1n) is 37.8. The fourth-order valence-electron chi connectivity index (χ4n) is 20.5. The third-order valence-corrected chi connectivity index (χ3v) is 32.2. The third kappa shape index (κ3) is 16.6. The van der Waals surface area contributed by atoms with Gasteiger partial charge in [-0.05, 0) is 270 Å². The van der Waals surface area contributed by atoms with Gasteiger partial charge in [0.1, 0.15) is 0 Å². The Balaban J connectivity index is 0.000000106. The number of hydrogen-bond donors (Lipinski definition) is 0. The molecule has 10 aliphatic rings. The number of fused-ring (bicyclic) bond motifs is 15. The van der Waals surface area contributed by atoms with Crippen molar-refractivity contribution in [1.82, 2.24) is 0 Å². The second-order valence-electron chi connectivity index (χ2n) is 31.6. The predicted octanol–water partition coefficient (Wildman–Crippen LogP) is 15.5. The first-order valence-corrected chi connectivity index (χ1v) is 42.2. The molecule has 16 heteroatoms. The molecular formula is C90H85NbO10S5. The van der Waals surface area contributed by atoms with Crippen LogP contribution in [0, 0.1) is 88.8 Å². The van der Waals surface area contributed by atoms with Crippen LogP contribution in [0.15, 0.2) is 237 Å². The summed E-state index contributed by atoms with van der Waals surface area (Å²) < 4.78 is 0. The molecule has 10 aliphatic carbocycles. The Labute approximate surface area is 657 Å². The fourth-order valence-corrected chi connectivity index (χ4v) is 28.2. The maximum Gasteiger partial charge on any atom is 5.00 e. The van der Waals surface area contributed by atoms with E-state index in [2.05, 4.69) is 212 Å². The van der Waals surface area contributed by atoms with Crippen LogP contribution in [0.1, 0.15) is 96.3 Å². The van der Waals surface area contributed by atoms with Crippen molar-refractivity contribution in [2.24, 2.45) is 88.8 Å². The molecule has 10 fully saturated rings. The van der Waals surface area contributed by atoms with Crippen molar-refractivity contribution in [2.75, 3.05) is 0 Å². The van der Waals surface area contributed by atoms with Crippen molar-refractivity contribution in [2.45, 2.75) is 147 Å². The maximum atomic E-state index is 11.2. The van der Waals surface area contributed by atoms with E-state index >= 15 is 0 Å². The Morgan fingerprint density at radius 3 is 0.528 bits per heavy atom. The number of carboxylic acid groups (broad SMARTS) is 5. The zero-order chi connectivity index (χ0) is 72.0. The molecule has 0 aromatic heterocycles. The van der Waals surface area contributed by atoms with Gasteiger partial charge in [-0.1, -0.05) is 152 Å². The van der Waals surface area contributed by atoms with Crippen LogP contribution in [0.4, 0.5) is 0 Å². The first-order chi connectivity index (χ1) is 51.0. The number of carbonyl (C=O) groups is 5. The van der Waals surface area contributed by atoms with Gasteiger partial charge in [0.15, 0.2) is 0 Å². The summed E-state index contributed by atoms with van der Waals surface area (Å²) >= 11 is 9.30. The number of benzene rings is 10. The molecule has 20 atom stereocenters. The number of carbonyl (C=O) groups excluding carboxylic acids is 5. The van der Waals surface area contributed by atoms with E-state index in [1.165, 1.54) is 78.3 Å². The van der Waals surface area contributed by atoms with Crippen LogP contribution < -0.4 is 25.5 Å². The summed E-state index contributed by atoms with van der Waals surface area (Å²) in [5.41, 5.74) is 0. The molecular weight excluding hydrogens is 1490 g/mol. The average Bonchev–Trinajstić information content (AvgIpc) is 1.65. The third-order valence-electron chi connectivity index (χ3n) is 25.3. The minimum atomic E-state index is -0.841. The van der Waals surface area contributed by atoms with Crippen molar-refractivity contribution >= 4 is 143 Å². The molecule has 106 heavy (non-hydrogen) atoms. The van der Waals surface area contributed by atoms with Gasteiger partial charge in [0.2, 0.25) is 0 Å². The molecule has 540 valence electrons. The summed E-state index contributed by atoms with van der Waals surface area (Å²) in [4.78, 5) is 62.5. The summed E-state index contributed by atoms with van der Waals surface area (Å²) in [7, 11) is 0. The van der Waals surface area contributed by atoms with Crippen molar-refractivity contribution < 1.29 is 71.9 Å². The van der Waals surface area contributed by atoms with E-state index in [0.717, 1.165) is 96.3 Å². The Morgan fingerprint density at radius 1 is 0.217 bits per heavy atom. The van der Waals surface area contributed by atoms with Gasteiger partial charge < -0.3 is 49.5 Å². The number of thioether (sulfide) groups is 5. The number of carboxylic acids is 5. The smallest absolute Gasteiger partial charge is 0.550 e. The van der Waals surface area contributed by atoms with Gasteiger partial charge in [0.25, 0.3) is 0 Å². The van der Waals surface area contributed by atoms with E-state index in [0.29, 0.717) is 85.4 Å². The van der Waals surface area contributed by atoms with Gasteiger partial charge in [-0.3, -0.25) is 0 Å². The maximum absolute atomic E-state index is 11.2. The van der Waals surface area contributed by atoms with Crippen LogP contribution >= 0.6 is 58.8 Å². The second-order valence-corrected chi connectivity index (χ2v) is 38.2. The fraction of sp³-hybridized carbons (Fsp3) is 0.389. The van der Waals surface area contributed by atoms with E-state index in [-0.39, 0.29) is 52.0 Å². The molecule has 10 aromatic carbocycles. The normalized spacial score (nSPS) is 30.6. The van der Waals surface area contributed by atoms with Crippen LogP contribution in [-0.4, -0.2) is 56.1 Å². The molecule has 0 heterocycles. The molecule has 0 radical (unpaired) electrons. The van der Waals surface area contributed by atoms with E-state index < -0.39 is 29.8 Å². The summed E-state index contributed by atoms with van der Waals surface area (Å²) in [6, 6.07) is 74.5. The van der Waals surface area contributed by atoms with Crippen LogP contribution in [0.2, 0.25) is 0 Å². The summed E-state index contributed by atoms with van der Waals surface area (Å²) in [6.07, 6.45) is 15.3. The standard InChI is InChI=1S/5C18H18O2S.Nb/c5*19-18(20)16-8-11-7-15(16)17(9-11)21-14-6-5-12-3-1-2-4-13(12)10-14;/h5*1-6,10-11,15-17H,7-9H2,(H,19,20);/q;;;;;+5/p-5. The minimum Gasteiger partial charge on any atom is -0.550 e. The van der Waals surface area contributed by atoms with Gasteiger partial charge >= 0.3 is 22.4 Å². The number of hydrogen-bond acceptors (Lipinski definition) is 15. The van der Waals surface area contributed by atoms with E-state index in [4.69, 9.17) is 0 Å². The molecule has 20 unspecified atom stereocenters. The van der Waals surface area contributed by atoms with Crippen LogP contribution in [0.25, 0.3) is 53.9 Å². The topological polar surface area (TPSA) is 201 Å². The first kappa shape index (κ1) is 74.8. The number of rotatable bonds is 15. The Morgan fingerprint density at radius 2 is 0.377 bits per heavy atom. The average molecular weight is 1580 g/mol.